The Morgan fingerprint density at radius 2 is 1.96 bits per heavy atom. The van der Waals surface area contributed by atoms with E-state index in [2.05, 4.69) is 15.0 Å². The highest BCUT2D eigenvalue weighted by molar-refractivity contribution is 6.02. The van der Waals surface area contributed by atoms with Gasteiger partial charge >= 0.3 is 0 Å². The van der Waals surface area contributed by atoms with Crippen LogP contribution in [0.25, 0.3) is 22.5 Å². The molecule has 0 bridgehead atoms. The lowest BCUT2D eigenvalue weighted by Crippen LogP contribution is -2.21. The number of aromatic nitrogens is 3. The summed E-state index contributed by atoms with van der Waals surface area (Å²) in [5, 5.41) is 0. The van der Waals surface area contributed by atoms with Crippen molar-refractivity contribution in [2.45, 2.75) is 38.5 Å². The quantitative estimate of drug-likeness (QED) is 0.660. The number of halogens is 1. The highest BCUT2D eigenvalue weighted by atomic mass is 19.1. The number of hydrogen-bond acceptors (Lipinski definition) is 3. The average Bonchev–Trinajstić information content (AvgIpc) is 3.28. The lowest BCUT2D eigenvalue weighted by molar-refractivity contribution is 0.0940. The molecule has 0 aromatic carbocycles. The summed E-state index contributed by atoms with van der Waals surface area (Å²) >= 11 is 0. The third-order valence-electron chi connectivity index (χ3n) is 6.43. The Morgan fingerprint density at radius 3 is 2.74 bits per heavy atom. The highest BCUT2D eigenvalue weighted by Crippen LogP contribution is 2.55. The number of nitrogens with zero attached hydrogens (tertiary/aromatic N) is 2. The summed E-state index contributed by atoms with van der Waals surface area (Å²) in [5.74, 6) is -0.185. The minimum Gasteiger partial charge on any atom is -0.358 e. The molecule has 3 aliphatic carbocycles. The van der Waals surface area contributed by atoms with Crippen molar-refractivity contribution >= 4 is 5.78 Å². The maximum Gasteiger partial charge on any atom is 0.212 e. The lowest BCUT2D eigenvalue weighted by Gasteiger charge is -2.21. The van der Waals surface area contributed by atoms with Gasteiger partial charge in [-0.1, -0.05) is 0 Å². The van der Waals surface area contributed by atoms with Crippen molar-refractivity contribution in [3.63, 3.8) is 0 Å². The topological polar surface area (TPSA) is 58.6 Å². The number of pyridine rings is 2. The van der Waals surface area contributed by atoms with Gasteiger partial charge in [-0.3, -0.25) is 9.78 Å². The van der Waals surface area contributed by atoms with Gasteiger partial charge in [-0.05, 0) is 66.8 Å². The van der Waals surface area contributed by atoms with Gasteiger partial charge in [0.05, 0.1) is 5.69 Å². The van der Waals surface area contributed by atoms with Crippen LogP contribution in [-0.4, -0.2) is 20.7 Å². The van der Waals surface area contributed by atoms with Gasteiger partial charge in [-0.25, -0.2) is 4.98 Å². The fourth-order valence-electron chi connectivity index (χ4n) is 4.80. The van der Waals surface area contributed by atoms with Crippen molar-refractivity contribution in [2.75, 3.05) is 0 Å². The van der Waals surface area contributed by atoms with Gasteiger partial charge in [0, 0.05) is 46.9 Å². The lowest BCUT2D eigenvalue weighted by atomic mass is 9.80. The molecule has 0 radical (unpaired) electrons. The monoisotopic (exact) mass is 359 g/mol. The van der Waals surface area contributed by atoms with Crippen molar-refractivity contribution in [1.82, 2.24) is 15.0 Å². The van der Waals surface area contributed by atoms with Gasteiger partial charge in [-0.2, -0.15) is 4.39 Å². The molecule has 0 saturated heterocycles. The number of nitrogens with one attached hydrogen (secondary N) is 1. The van der Waals surface area contributed by atoms with Gasteiger partial charge in [0.15, 0.2) is 5.78 Å². The van der Waals surface area contributed by atoms with E-state index in [1.165, 1.54) is 36.2 Å². The first kappa shape index (κ1) is 15.3. The van der Waals surface area contributed by atoms with Crippen molar-refractivity contribution in [3.05, 3.63) is 58.9 Å². The van der Waals surface area contributed by atoms with E-state index >= 15 is 0 Å². The molecular weight excluding hydrogens is 341 g/mol. The summed E-state index contributed by atoms with van der Waals surface area (Å²) in [6.45, 7) is 0. The SMILES string of the molecule is O=C1CC2(CC2)Cc2[nH]c3c(c21)CCc1cnc(-c2ccc(F)nc2)cc1-3. The predicted molar refractivity (Wildman–Crippen MR) is 98.9 cm³/mol. The second-order valence-electron chi connectivity index (χ2n) is 8.21. The minimum absolute atomic E-state index is 0.240. The van der Waals surface area contributed by atoms with E-state index in [9.17, 15) is 9.18 Å². The molecule has 3 aromatic heterocycles. The molecule has 1 spiro atoms. The number of ketones is 1. The molecule has 4 nitrogen and oxygen atoms in total. The zero-order chi connectivity index (χ0) is 18.2. The average molecular weight is 359 g/mol. The van der Waals surface area contributed by atoms with E-state index < -0.39 is 5.95 Å². The molecule has 0 unspecified atom stereocenters. The molecule has 0 aliphatic heterocycles. The Labute approximate surface area is 155 Å². The maximum absolute atomic E-state index is 13.1. The number of fused-ring (bicyclic) bond motifs is 5. The number of aromatic amines is 1. The smallest absolute Gasteiger partial charge is 0.212 e. The third kappa shape index (κ3) is 2.24. The van der Waals surface area contributed by atoms with E-state index in [1.54, 1.807) is 6.07 Å². The standard InChI is InChI=1S/C22H18FN3O/c23-19-4-2-13(11-25-19)16-7-15-12(10-24-16)1-3-14-20-17(26-21(14)15)8-22(5-6-22)9-18(20)27/h2,4,7,10-11,26H,1,3,5-6,8-9H2. The van der Waals surface area contributed by atoms with E-state index in [-0.39, 0.29) is 5.41 Å². The van der Waals surface area contributed by atoms with Crippen LogP contribution in [0, 0.1) is 11.4 Å². The molecule has 1 saturated carbocycles. The van der Waals surface area contributed by atoms with Crippen LogP contribution in [0.5, 0.6) is 0 Å². The molecule has 0 atom stereocenters. The van der Waals surface area contributed by atoms with Gasteiger partial charge in [0.1, 0.15) is 0 Å². The summed E-state index contributed by atoms with van der Waals surface area (Å²) in [6, 6.07) is 5.09. The van der Waals surface area contributed by atoms with E-state index in [0.29, 0.717) is 12.2 Å². The van der Waals surface area contributed by atoms with Crippen molar-refractivity contribution in [1.29, 1.82) is 0 Å². The molecular formula is C22H18FN3O. The predicted octanol–water partition coefficient (Wildman–Crippen LogP) is 4.29. The minimum atomic E-state index is -0.497. The van der Waals surface area contributed by atoms with Crippen molar-refractivity contribution < 1.29 is 9.18 Å². The largest absolute Gasteiger partial charge is 0.358 e. The van der Waals surface area contributed by atoms with E-state index in [0.717, 1.165) is 53.0 Å². The zero-order valence-electron chi connectivity index (χ0n) is 14.8. The van der Waals surface area contributed by atoms with Crippen LogP contribution >= 0.6 is 0 Å². The van der Waals surface area contributed by atoms with Crippen LogP contribution in [-0.2, 0) is 19.3 Å². The molecule has 1 fully saturated rings. The zero-order valence-corrected chi connectivity index (χ0v) is 14.8. The molecule has 6 rings (SSSR count). The molecule has 3 aliphatic rings. The van der Waals surface area contributed by atoms with Crippen LogP contribution in [0.3, 0.4) is 0 Å². The van der Waals surface area contributed by atoms with Crippen LogP contribution in [0.1, 0.15) is 46.4 Å². The van der Waals surface area contributed by atoms with Crippen LogP contribution in [0.4, 0.5) is 4.39 Å². The Hall–Kier alpha value is -2.82. The summed E-state index contributed by atoms with van der Waals surface area (Å²) in [5.41, 5.74) is 8.43. The first-order valence-corrected chi connectivity index (χ1v) is 9.50. The summed E-state index contributed by atoms with van der Waals surface area (Å²) in [7, 11) is 0. The van der Waals surface area contributed by atoms with Gasteiger partial charge in [-0.15, -0.1) is 0 Å². The normalized spacial score (nSPS) is 18.8. The second kappa shape index (κ2) is 5.12. The van der Waals surface area contributed by atoms with Crippen molar-refractivity contribution in [3.8, 4) is 22.5 Å². The Balaban J connectivity index is 1.49. The molecule has 3 heterocycles. The van der Waals surface area contributed by atoms with Crippen LogP contribution < -0.4 is 0 Å². The first-order valence-electron chi connectivity index (χ1n) is 9.50. The van der Waals surface area contributed by atoms with E-state index in [1.807, 2.05) is 12.3 Å². The summed E-state index contributed by atoms with van der Waals surface area (Å²) in [4.78, 5) is 24.7. The number of rotatable bonds is 1. The Kier molecular flexibility index (Phi) is 2.90. The number of hydrogen-bond donors (Lipinski definition) is 1. The fraction of sp³-hybridized carbons (Fsp3) is 0.318. The number of aryl methyl sites for hydroxylation is 1. The van der Waals surface area contributed by atoms with Gasteiger partial charge in [0.25, 0.3) is 0 Å². The molecule has 1 N–H and O–H groups in total. The fourth-order valence-corrected chi connectivity index (χ4v) is 4.80. The number of carbonyl (C=O) groups is 1. The molecule has 5 heteroatoms. The summed E-state index contributed by atoms with van der Waals surface area (Å²) < 4.78 is 13.1. The van der Waals surface area contributed by atoms with Gasteiger partial charge < -0.3 is 4.98 Å². The number of Topliss-reactive ketones (excluding diaryl/α,β-unsaturated/α-hetero) is 1. The highest BCUT2D eigenvalue weighted by Gasteiger charge is 2.49. The summed E-state index contributed by atoms with van der Waals surface area (Å²) in [6.07, 6.45) is 9.23. The molecule has 134 valence electrons. The molecule has 3 aromatic rings. The molecule has 27 heavy (non-hydrogen) atoms. The van der Waals surface area contributed by atoms with Crippen LogP contribution in [0.15, 0.2) is 30.6 Å². The van der Waals surface area contributed by atoms with Crippen molar-refractivity contribution in [2.24, 2.45) is 5.41 Å². The Bertz CT molecular complexity index is 1110. The number of carbonyl (C=O) groups excluding carboxylic acids is 1. The third-order valence-corrected chi connectivity index (χ3v) is 6.43. The Morgan fingerprint density at radius 1 is 1.07 bits per heavy atom. The van der Waals surface area contributed by atoms with E-state index in [4.69, 9.17) is 0 Å². The molecule has 0 amide bonds. The maximum atomic E-state index is 13.1. The number of H-pyrrole nitrogens is 1. The van der Waals surface area contributed by atoms with Gasteiger partial charge in [0.2, 0.25) is 5.95 Å². The second-order valence-corrected chi connectivity index (χ2v) is 8.21. The van der Waals surface area contributed by atoms with Crippen LogP contribution in [0.2, 0.25) is 0 Å². The first-order chi connectivity index (χ1) is 13.1.